The molecule has 0 unspecified atom stereocenters. The highest BCUT2D eigenvalue weighted by Crippen LogP contribution is 2.20. The van der Waals surface area contributed by atoms with Crippen molar-refractivity contribution in [1.29, 1.82) is 0 Å². The van der Waals surface area contributed by atoms with E-state index in [0.717, 1.165) is 24.1 Å². The molecule has 1 aromatic carbocycles. The second-order valence-corrected chi connectivity index (χ2v) is 4.69. The lowest BCUT2D eigenvalue weighted by atomic mass is 10.2. The molecule has 1 N–H and O–H groups in total. The lowest BCUT2D eigenvalue weighted by Gasteiger charge is -2.24. The van der Waals surface area contributed by atoms with Gasteiger partial charge in [0.15, 0.2) is 0 Å². The molecule has 0 spiro atoms. The number of nitrogens with zero attached hydrogens (tertiary/aromatic N) is 3. The summed E-state index contributed by atoms with van der Waals surface area (Å²) >= 11 is 0. The van der Waals surface area contributed by atoms with Gasteiger partial charge in [-0.05, 0) is 31.0 Å². The Hall–Kier alpha value is -1.58. The third-order valence-corrected chi connectivity index (χ3v) is 3.23. The number of unbranched alkanes of at least 4 members (excludes halogenated alkanes) is 2. The van der Waals surface area contributed by atoms with Gasteiger partial charge in [0.05, 0.1) is 0 Å². The van der Waals surface area contributed by atoms with Gasteiger partial charge < -0.3 is 4.90 Å². The van der Waals surface area contributed by atoms with Crippen molar-refractivity contribution in [2.45, 2.75) is 39.5 Å². The average molecular weight is 246 g/mol. The van der Waals surface area contributed by atoms with Gasteiger partial charge in [-0.1, -0.05) is 26.7 Å². The number of nitrogens with one attached hydrogen (secondary N) is 1. The van der Waals surface area contributed by atoms with Crippen molar-refractivity contribution in [3.8, 4) is 0 Å². The minimum Gasteiger partial charge on any atom is -0.371 e. The summed E-state index contributed by atoms with van der Waals surface area (Å²) in [7, 11) is 0. The first kappa shape index (κ1) is 12.9. The Kier molecular flexibility index (Phi) is 4.56. The van der Waals surface area contributed by atoms with Crippen LogP contribution in [0.25, 0.3) is 11.0 Å². The van der Waals surface area contributed by atoms with E-state index in [2.05, 4.69) is 46.3 Å². The number of H-pyrrole nitrogens is 1. The summed E-state index contributed by atoms with van der Waals surface area (Å²) < 4.78 is 0. The van der Waals surface area contributed by atoms with Crippen LogP contribution < -0.4 is 4.90 Å². The molecule has 4 nitrogen and oxygen atoms in total. The summed E-state index contributed by atoms with van der Waals surface area (Å²) in [6, 6.07) is 6.32. The fourth-order valence-electron chi connectivity index (χ4n) is 2.09. The van der Waals surface area contributed by atoms with Gasteiger partial charge in [0.25, 0.3) is 0 Å². The van der Waals surface area contributed by atoms with Gasteiger partial charge in [-0.15, -0.1) is 0 Å². The molecule has 0 amide bonds. The molecule has 4 heteroatoms. The number of hydrogen-bond acceptors (Lipinski definition) is 3. The maximum absolute atomic E-state index is 4.16. The smallest absolute Gasteiger partial charge is 0.115 e. The van der Waals surface area contributed by atoms with Crippen LogP contribution in [0.2, 0.25) is 0 Å². The molecular formula is C14H22N4. The van der Waals surface area contributed by atoms with Crippen molar-refractivity contribution >= 4 is 16.7 Å². The predicted molar refractivity (Wildman–Crippen MR) is 75.9 cm³/mol. The number of benzene rings is 1. The van der Waals surface area contributed by atoms with Crippen LogP contribution >= 0.6 is 0 Å². The van der Waals surface area contributed by atoms with Crippen molar-refractivity contribution in [1.82, 2.24) is 15.4 Å². The van der Waals surface area contributed by atoms with E-state index in [0.29, 0.717) is 0 Å². The van der Waals surface area contributed by atoms with Gasteiger partial charge >= 0.3 is 0 Å². The number of fused-ring (bicyclic) bond motifs is 1. The van der Waals surface area contributed by atoms with E-state index in [1.54, 1.807) is 0 Å². The minimum absolute atomic E-state index is 0.935. The molecule has 18 heavy (non-hydrogen) atoms. The number of anilines is 1. The van der Waals surface area contributed by atoms with E-state index in [4.69, 9.17) is 0 Å². The Morgan fingerprint density at radius 3 is 2.33 bits per heavy atom. The normalized spacial score (nSPS) is 11.0. The Labute approximate surface area is 108 Å². The third kappa shape index (κ3) is 3.00. The van der Waals surface area contributed by atoms with Gasteiger partial charge in [-0.3, -0.25) is 0 Å². The lowest BCUT2D eigenvalue weighted by Crippen LogP contribution is -2.25. The highest BCUT2D eigenvalue weighted by Gasteiger charge is 2.07. The van der Waals surface area contributed by atoms with Crippen molar-refractivity contribution in [3.05, 3.63) is 18.2 Å². The highest BCUT2D eigenvalue weighted by atomic mass is 15.3. The number of aromatic nitrogens is 3. The Balaban J connectivity index is 2.16. The van der Waals surface area contributed by atoms with Crippen molar-refractivity contribution in [2.24, 2.45) is 0 Å². The summed E-state index contributed by atoms with van der Waals surface area (Å²) in [5.41, 5.74) is 3.15. The van der Waals surface area contributed by atoms with E-state index in [1.807, 2.05) is 6.07 Å². The summed E-state index contributed by atoms with van der Waals surface area (Å²) in [6.07, 6.45) is 4.94. The highest BCUT2D eigenvalue weighted by molar-refractivity contribution is 5.78. The van der Waals surface area contributed by atoms with Crippen molar-refractivity contribution in [2.75, 3.05) is 18.0 Å². The van der Waals surface area contributed by atoms with Crippen LogP contribution in [0.15, 0.2) is 18.2 Å². The predicted octanol–water partition coefficient (Wildman–Crippen LogP) is 3.36. The van der Waals surface area contributed by atoms with Crippen LogP contribution in [0.3, 0.4) is 0 Å². The van der Waals surface area contributed by atoms with Gasteiger partial charge in [-0.2, -0.15) is 15.4 Å². The average Bonchev–Trinajstić information content (AvgIpc) is 2.86. The van der Waals surface area contributed by atoms with Crippen LogP contribution in [0, 0.1) is 0 Å². The minimum atomic E-state index is 0.935. The van der Waals surface area contributed by atoms with Gasteiger partial charge in [-0.25, -0.2) is 0 Å². The zero-order chi connectivity index (χ0) is 12.8. The monoisotopic (exact) mass is 246 g/mol. The molecule has 2 rings (SSSR count). The van der Waals surface area contributed by atoms with Crippen LogP contribution in [0.5, 0.6) is 0 Å². The summed E-state index contributed by atoms with van der Waals surface area (Å²) in [6.45, 7) is 6.72. The van der Waals surface area contributed by atoms with Crippen LogP contribution in [0.4, 0.5) is 5.69 Å². The molecule has 0 aliphatic carbocycles. The van der Waals surface area contributed by atoms with E-state index in [9.17, 15) is 0 Å². The molecule has 1 aromatic heterocycles. The van der Waals surface area contributed by atoms with Crippen LogP contribution in [-0.4, -0.2) is 28.5 Å². The number of hydrogen-bond donors (Lipinski definition) is 1. The summed E-state index contributed by atoms with van der Waals surface area (Å²) in [4.78, 5) is 2.46. The Bertz CT molecular complexity index is 469. The fraction of sp³-hybridized carbons (Fsp3) is 0.571. The molecule has 98 valence electrons. The van der Waals surface area contributed by atoms with E-state index < -0.39 is 0 Å². The molecular weight excluding hydrogens is 224 g/mol. The topological polar surface area (TPSA) is 44.8 Å². The Morgan fingerprint density at radius 2 is 1.67 bits per heavy atom. The van der Waals surface area contributed by atoms with Crippen molar-refractivity contribution in [3.63, 3.8) is 0 Å². The molecule has 0 aliphatic heterocycles. The van der Waals surface area contributed by atoms with Gasteiger partial charge in [0.2, 0.25) is 0 Å². The third-order valence-electron chi connectivity index (χ3n) is 3.23. The standard InChI is InChI=1S/C14H22N4/c1-3-5-9-18(10-6-4-2)12-7-8-13-14(11-12)16-17-15-13/h7-8,11H,3-6,9-10H2,1-2H3,(H,15,16,17). The molecule has 0 aliphatic rings. The summed E-state index contributed by atoms with van der Waals surface area (Å²) in [5, 5.41) is 10.9. The second kappa shape index (κ2) is 6.38. The first-order valence-electron chi connectivity index (χ1n) is 6.90. The Morgan fingerprint density at radius 1 is 1.00 bits per heavy atom. The molecule has 0 saturated heterocycles. The molecule has 2 aromatic rings. The molecule has 0 bridgehead atoms. The number of aromatic amines is 1. The van der Waals surface area contributed by atoms with Crippen LogP contribution in [0.1, 0.15) is 39.5 Å². The quantitative estimate of drug-likeness (QED) is 0.814. The van der Waals surface area contributed by atoms with E-state index in [1.165, 1.54) is 31.4 Å². The SMILES string of the molecule is CCCCN(CCCC)c1ccc2n[nH]nc2c1. The maximum Gasteiger partial charge on any atom is 0.115 e. The summed E-state index contributed by atoms with van der Waals surface area (Å²) in [5.74, 6) is 0. The van der Waals surface area contributed by atoms with E-state index >= 15 is 0 Å². The first-order chi connectivity index (χ1) is 8.85. The van der Waals surface area contributed by atoms with Gasteiger partial charge in [0, 0.05) is 18.8 Å². The second-order valence-electron chi connectivity index (χ2n) is 4.69. The van der Waals surface area contributed by atoms with Crippen molar-refractivity contribution < 1.29 is 0 Å². The molecule has 1 heterocycles. The molecule has 0 atom stereocenters. The number of rotatable bonds is 7. The zero-order valence-corrected chi connectivity index (χ0v) is 11.3. The van der Waals surface area contributed by atoms with Crippen LogP contribution in [-0.2, 0) is 0 Å². The zero-order valence-electron chi connectivity index (χ0n) is 11.3. The van der Waals surface area contributed by atoms with Gasteiger partial charge in [0.1, 0.15) is 11.0 Å². The molecule has 0 radical (unpaired) electrons. The molecule has 0 fully saturated rings. The lowest BCUT2D eigenvalue weighted by molar-refractivity contribution is 0.678. The first-order valence-corrected chi connectivity index (χ1v) is 6.90. The largest absolute Gasteiger partial charge is 0.371 e. The maximum atomic E-state index is 4.16. The molecule has 0 saturated carbocycles. The van der Waals surface area contributed by atoms with E-state index in [-0.39, 0.29) is 0 Å². The fourth-order valence-corrected chi connectivity index (χ4v) is 2.09.